The Morgan fingerprint density at radius 3 is 2.21 bits per heavy atom. The molecule has 7 nitrogen and oxygen atoms in total. The quantitative estimate of drug-likeness (QED) is 0.889. The molecule has 0 aliphatic carbocycles. The zero-order valence-electron chi connectivity index (χ0n) is 13.0. The van der Waals surface area contributed by atoms with Crippen LogP contribution in [0.2, 0.25) is 0 Å². The molecule has 24 heavy (non-hydrogen) atoms. The van der Waals surface area contributed by atoms with E-state index in [4.69, 9.17) is 10.4 Å². The van der Waals surface area contributed by atoms with Crippen molar-refractivity contribution in [1.82, 2.24) is 4.98 Å². The minimum Gasteiger partial charge on any atom is -0.368 e. The summed E-state index contributed by atoms with van der Waals surface area (Å²) in [4.78, 5) is 8.74. The fourth-order valence-electron chi connectivity index (χ4n) is 2.70. The molecule has 8 heteroatoms. The molecule has 2 N–H and O–H groups in total. The number of nitrogens with two attached hydrogens (primary N) is 1. The number of pyridine rings is 1. The van der Waals surface area contributed by atoms with Gasteiger partial charge in [-0.1, -0.05) is 6.07 Å². The highest BCUT2D eigenvalue weighted by Gasteiger charge is 2.19. The van der Waals surface area contributed by atoms with Crippen LogP contribution in [-0.2, 0) is 10.0 Å². The van der Waals surface area contributed by atoms with Gasteiger partial charge in [0.2, 0.25) is 10.0 Å². The number of sulfonamides is 1. The van der Waals surface area contributed by atoms with E-state index in [1.54, 1.807) is 18.2 Å². The van der Waals surface area contributed by atoms with E-state index in [1.807, 2.05) is 12.1 Å². The number of anilines is 2. The molecule has 0 saturated carbocycles. The Morgan fingerprint density at radius 2 is 1.62 bits per heavy atom. The van der Waals surface area contributed by atoms with Gasteiger partial charge in [0, 0.05) is 31.9 Å². The van der Waals surface area contributed by atoms with Crippen LogP contribution in [0.3, 0.4) is 0 Å². The van der Waals surface area contributed by atoms with E-state index in [0.717, 1.165) is 37.7 Å². The van der Waals surface area contributed by atoms with E-state index < -0.39 is 10.0 Å². The van der Waals surface area contributed by atoms with E-state index in [9.17, 15) is 8.42 Å². The van der Waals surface area contributed by atoms with Crippen LogP contribution >= 0.6 is 0 Å². The summed E-state index contributed by atoms with van der Waals surface area (Å²) in [7, 11) is -3.66. The molecule has 1 aromatic heterocycles. The Hall–Kier alpha value is -2.63. The number of benzene rings is 1. The maximum atomic E-state index is 11.3. The van der Waals surface area contributed by atoms with Crippen molar-refractivity contribution in [2.45, 2.75) is 4.90 Å². The van der Waals surface area contributed by atoms with E-state index in [1.165, 1.54) is 12.1 Å². The molecule has 1 aromatic carbocycles. The minimum atomic E-state index is -3.66. The smallest absolute Gasteiger partial charge is 0.238 e. The van der Waals surface area contributed by atoms with E-state index >= 15 is 0 Å². The number of rotatable bonds is 3. The number of hydrogen-bond acceptors (Lipinski definition) is 6. The van der Waals surface area contributed by atoms with Gasteiger partial charge in [0.25, 0.3) is 0 Å². The lowest BCUT2D eigenvalue weighted by molar-refractivity contribution is 0.597. The largest absolute Gasteiger partial charge is 0.368 e. The van der Waals surface area contributed by atoms with Gasteiger partial charge in [0.1, 0.15) is 17.6 Å². The van der Waals surface area contributed by atoms with Crippen molar-refractivity contribution in [3.63, 3.8) is 0 Å². The van der Waals surface area contributed by atoms with Crippen molar-refractivity contribution in [2.24, 2.45) is 5.14 Å². The van der Waals surface area contributed by atoms with Crippen LogP contribution in [0.4, 0.5) is 11.5 Å². The van der Waals surface area contributed by atoms with Crippen LogP contribution in [0.5, 0.6) is 0 Å². The second kappa shape index (κ2) is 6.47. The molecular formula is C16H17N5O2S. The van der Waals surface area contributed by atoms with Gasteiger partial charge in [-0.05, 0) is 36.4 Å². The Balaban J connectivity index is 1.68. The lowest BCUT2D eigenvalue weighted by Gasteiger charge is -2.36. The molecule has 0 spiro atoms. The number of piperazine rings is 1. The number of nitriles is 1. The van der Waals surface area contributed by atoms with Gasteiger partial charge in [-0.25, -0.2) is 18.5 Å². The molecule has 1 fully saturated rings. The van der Waals surface area contributed by atoms with Crippen LogP contribution in [-0.4, -0.2) is 39.6 Å². The molecule has 2 aromatic rings. The van der Waals surface area contributed by atoms with Gasteiger partial charge in [-0.15, -0.1) is 0 Å². The second-order valence-corrected chi connectivity index (χ2v) is 7.07. The first-order valence-electron chi connectivity index (χ1n) is 7.47. The van der Waals surface area contributed by atoms with Crippen molar-refractivity contribution in [3.05, 3.63) is 48.2 Å². The molecule has 0 radical (unpaired) electrons. The highest BCUT2D eigenvalue weighted by Crippen LogP contribution is 2.21. The van der Waals surface area contributed by atoms with Crippen LogP contribution in [0.15, 0.2) is 47.4 Å². The van der Waals surface area contributed by atoms with Crippen molar-refractivity contribution in [1.29, 1.82) is 5.26 Å². The predicted molar refractivity (Wildman–Crippen MR) is 91.2 cm³/mol. The Kier molecular flexibility index (Phi) is 4.38. The van der Waals surface area contributed by atoms with Gasteiger partial charge in [-0.3, -0.25) is 0 Å². The Labute approximate surface area is 141 Å². The predicted octanol–water partition coefficient (Wildman–Crippen LogP) is 0.927. The van der Waals surface area contributed by atoms with Crippen LogP contribution in [0.25, 0.3) is 0 Å². The van der Waals surface area contributed by atoms with E-state index in [2.05, 4.69) is 20.9 Å². The van der Waals surface area contributed by atoms with Crippen molar-refractivity contribution >= 4 is 21.5 Å². The van der Waals surface area contributed by atoms with Crippen LogP contribution < -0.4 is 14.9 Å². The van der Waals surface area contributed by atoms with Gasteiger partial charge in [-0.2, -0.15) is 5.26 Å². The fraction of sp³-hybridized carbons (Fsp3) is 0.250. The summed E-state index contributed by atoms with van der Waals surface area (Å²) in [5, 5.41) is 14.1. The summed E-state index contributed by atoms with van der Waals surface area (Å²) in [6.45, 7) is 3.12. The van der Waals surface area contributed by atoms with Crippen molar-refractivity contribution in [3.8, 4) is 6.07 Å². The Bertz CT molecular complexity index is 866. The normalized spacial score (nSPS) is 15.2. The van der Waals surface area contributed by atoms with Crippen molar-refractivity contribution < 1.29 is 8.42 Å². The zero-order valence-corrected chi connectivity index (χ0v) is 13.8. The SMILES string of the molecule is N#Cc1cccc(N2CCN(c3ccc(S(N)(=O)=O)cc3)CC2)n1. The molecule has 0 bridgehead atoms. The van der Waals surface area contributed by atoms with Crippen LogP contribution in [0, 0.1) is 11.3 Å². The highest BCUT2D eigenvalue weighted by atomic mass is 32.2. The summed E-state index contributed by atoms with van der Waals surface area (Å²) in [6, 6.07) is 14.1. The molecule has 2 heterocycles. The minimum absolute atomic E-state index is 0.113. The topological polar surface area (TPSA) is 103 Å². The number of hydrogen-bond donors (Lipinski definition) is 1. The number of aromatic nitrogens is 1. The average molecular weight is 343 g/mol. The molecule has 3 rings (SSSR count). The summed E-state index contributed by atoms with van der Waals surface area (Å²) in [5.41, 5.74) is 1.37. The molecule has 0 unspecified atom stereocenters. The first-order valence-corrected chi connectivity index (χ1v) is 9.02. The third-order valence-electron chi connectivity index (χ3n) is 3.98. The third-order valence-corrected chi connectivity index (χ3v) is 4.91. The van der Waals surface area contributed by atoms with Gasteiger partial charge in [0.15, 0.2) is 0 Å². The molecule has 1 aliphatic heterocycles. The van der Waals surface area contributed by atoms with Gasteiger partial charge < -0.3 is 9.80 Å². The molecule has 1 aliphatic rings. The summed E-state index contributed by atoms with van der Waals surface area (Å²) in [5.74, 6) is 0.804. The molecule has 1 saturated heterocycles. The summed E-state index contributed by atoms with van der Waals surface area (Å²) < 4.78 is 22.6. The van der Waals surface area contributed by atoms with Gasteiger partial charge >= 0.3 is 0 Å². The fourth-order valence-corrected chi connectivity index (χ4v) is 3.22. The lowest BCUT2D eigenvalue weighted by atomic mass is 10.2. The monoisotopic (exact) mass is 343 g/mol. The highest BCUT2D eigenvalue weighted by molar-refractivity contribution is 7.89. The van der Waals surface area contributed by atoms with Crippen molar-refractivity contribution in [2.75, 3.05) is 36.0 Å². The number of primary sulfonamides is 1. The van der Waals surface area contributed by atoms with E-state index in [0.29, 0.717) is 5.69 Å². The third kappa shape index (κ3) is 3.48. The number of nitrogens with zero attached hydrogens (tertiary/aromatic N) is 4. The first kappa shape index (κ1) is 16.2. The summed E-state index contributed by atoms with van der Waals surface area (Å²) in [6.07, 6.45) is 0. The zero-order chi connectivity index (χ0) is 17.2. The maximum absolute atomic E-state index is 11.3. The standard InChI is InChI=1S/C16H17N5O2S/c17-12-13-2-1-3-16(19-13)21-10-8-20(9-11-21)14-4-6-15(7-5-14)24(18,22)23/h1-7H,8-11H2,(H2,18,22,23). The molecule has 0 atom stereocenters. The Morgan fingerprint density at radius 1 is 1.00 bits per heavy atom. The first-order chi connectivity index (χ1) is 11.5. The van der Waals surface area contributed by atoms with Crippen LogP contribution in [0.1, 0.15) is 5.69 Å². The van der Waals surface area contributed by atoms with Gasteiger partial charge in [0.05, 0.1) is 4.90 Å². The second-order valence-electron chi connectivity index (χ2n) is 5.51. The average Bonchev–Trinajstić information content (AvgIpc) is 2.61. The van der Waals surface area contributed by atoms with E-state index in [-0.39, 0.29) is 4.90 Å². The summed E-state index contributed by atoms with van der Waals surface area (Å²) >= 11 is 0. The molecule has 124 valence electrons. The lowest BCUT2D eigenvalue weighted by Crippen LogP contribution is -2.46. The molecule has 0 amide bonds. The maximum Gasteiger partial charge on any atom is 0.238 e. The molecular weight excluding hydrogens is 326 g/mol.